The molecule has 0 bridgehead atoms. The molecule has 0 radical (unpaired) electrons. The van der Waals surface area contributed by atoms with E-state index in [1.165, 1.54) is 5.56 Å². The highest BCUT2D eigenvalue weighted by atomic mass is 35.5. The number of hydrogen-bond donors (Lipinski definition) is 2. The van der Waals surface area contributed by atoms with E-state index in [0.717, 1.165) is 19.4 Å². The number of carbonyl (C=O) groups is 1. The van der Waals surface area contributed by atoms with Crippen LogP contribution in [0.25, 0.3) is 0 Å². The molecule has 4 heteroatoms. The molecule has 1 aromatic carbocycles. The maximum atomic E-state index is 11.5. The summed E-state index contributed by atoms with van der Waals surface area (Å²) < 4.78 is 0. The second kappa shape index (κ2) is 7.39. The average molecular weight is 269 g/mol. The fourth-order valence-corrected chi connectivity index (χ4v) is 2.27. The van der Waals surface area contributed by atoms with Crippen molar-refractivity contribution in [3.05, 3.63) is 35.9 Å². The zero-order chi connectivity index (χ0) is 12.1. The van der Waals surface area contributed by atoms with Crippen molar-refractivity contribution < 1.29 is 4.79 Å². The van der Waals surface area contributed by atoms with Gasteiger partial charge in [-0.15, -0.1) is 12.4 Å². The maximum absolute atomic E-state index is 11.5. The molecule has 1 aliphatic carbocycles. The molecule has 0 spiro atoms. The van der Waals surface area contributed by atoms with Crippen LogP contribution in [0.3, 0.4) is 0 Å². The second-order valence-electron chi connectivity index (χ2n) is 4.70. The van der Waals surface area contributed by atoms with E-state index in [9.17, 15) is 4.79 Å². The molecule has 0 saturated heterocycles. The summed E-state index contributed by atoms with van der Waals surface area (Å²) >= 11 is 0. The Hall–Kier alpha value is -1.06. The van der Waals surface area contributed by atoms with Crippen LogP contribution in [0.2, 0.25) is 0 Å². The van der Waals surface area contributed by atoms with Crippen LogP contribution in [-0.4, -0.2) is 25.5 Å². The fourth-order valence-electron chi connectivity index (χ4n) is 2.27. The van der Waals surface area contributed by atoms with Crippen molar-refractivity contribution in [2.75, 3.05) is 13.6 Å². The van der Waals surface area contributed by atoms with Crippen molar-refractivity contribution in [3.8, 4) is 0 Å². The number of hydrogen-bond acceptors (Lipinski definition) is 2. The Labute approximate surface area is 115 Å². The lowest BCUT2D eigenvalue weighted by atomic mass is 9.76. The van der Waals surface area contributed by atoms with Crippen molar-refractivity contribution >= 4 is 18.3 Å². The zero-order valence-corrected chi connectivity index (χ0v) is 11.5. The van der Waals surface area contributed by atoms with Crippen LogP contribution in [-0.2, 0) is 4.79 Å². The Bertz CT molecular complexity index is 363. The van der Waals surface area contributed by atoms with Crippen molar-refractivity contribution in [2.24, 2.45) is 0 Å². The van der Waals surface area contributed by atoms with Gasteiger partial charge >= 0.3 is 0 Å². The van der Waals surface area contributed by atoms with E-state index in [1.807, 2.05) is 13.1 Å². The fraction of sp³-hybridized carbons (Fsp3) is 0.500. The van der Waals surface area contributed by atoms with Crippen LogP contribution in [0, 0.1) is 0 Å². The normalized spacial score (nSPS) is 21.6. The minimum Gasteiger partial charge on any atom is -0.353 e. The topological polar surface area (TPSA) is 41.1 Å². The summed E-state index contributed by atoms with van der Waals surface area (Å²) in [6, 6.07) is 10.9. The lowest BCUT2D eigenvalue weighted by Crippen LogP contribution is -2.43. The standard InChI is InChI=1S/C14H20N2O.ClH/c1-15-8-7-14(17)16-13-9-12(10-13)11-5-3-2-4-6-11;/h2-6,12-13,15H,7-10H2,1H3,(H,16,17);1H. The molecule has 1 aromatic rings. The molecular formula is C14H21ClN2O. The van der Waals surface area contributed by atoms with E-state index in [0.29, 0.717) is 18.4 Å². The van der Waals surface area contributed by atoms with Gasteiger partial charge < -0.3 is 10.6 Å². The minimum absolute atomic E-state index is 0. The summed E-state index contributed by atoms with van der Waals surface area (Å²) in [4.78, 5) is 11.5. The quantitative estimate of drug-likeness (QED) is 0.859. The first-order valence-corrected chi connectivity index (χ1v) is 6.28. The Morgan fingerprint density at radius 2 is 1.94 bits per heavy atom. The first-order valence-electron chi connectivity index (χ1n) is 6.28. The van der Waals surface area contributed by atoms with Crippen molar-refractivity contribution in [1.29, 1.82) is 0 Å². The van der Waals surface area contributed by atoms with Gasteiger partial charge in [-0.1, -0.05) is 30.3 Å². The minimum atomic E-state index is 0. The third-order valence-electron chi connectivity index (χ3n) is 3.38. The van der Waals surface area contributed by atoms with Crippen LogP contribution in [0.4, 0.5) is 0 Å². The van der Waals surface area contributed by atoms with Gasteiger partial charge in [-0.3, -0.25) is 4.79 Å². The number of halogens is 1. The molecule has 1 aliphatic rings. The molecule has 18 heavy (non-hydrogen) atoms. The summed E-state index contributed by atoms with van der Waals surface area (Å²) in [6.07, 6.45) is 2.73. The number of carbonyl (C=O) groups excluding carboxylic acids is 1. The van der Waals surface area contributed by atoms with Gasteiger partial charge in [-0.05, 0) is 31.4 Å². The molecular weight excluding hydrogens is 248 g/mol. The van der Waals surface area contributed by atoms with Crippen LogP contribution in [0.1, 0.15) is 30.7 Å². The Morgan fingerprint density at radius 3 is 2.56 bits per heavy atom. The highest BCUT2D eigenvalue weighted by Gasteiger charge is 2.30. The second-order valence-corrected chi connectivity index (χ2v) is 4.70. The summed E-state index contributed by atoms with van der Waals surface area (Å²) in [5.41, 5.74) is 1.40. The summed E-state index contributed by atoms with van der Waals surface area (Å²) in [6.45, 7) is 0.751. The number of nitrogens with one attached hydrogen (secondary N) is 2. The third kappa shape index (κ3) is 4.00. The zero-order valence-electron chi connectivity index (χ0n) is 10.7. The lowest BCUT2D eigenvalue weighted by Gasteiger charge is -2.36. The van der Waals surface area contributed by atoms with Gasteiger partial charge in [-0.25, -0.2) is 0 Å². The SMILES string of the molecule is CNCCC(=O)NC1CC(c2ccccc2)C1.Cl. The van der Waals surface area contributed by atoms with Crippen LogP contribution >= 0.6 is 12.4 Å². The van der Waals surface area contributed by atoms with Crippen LogP contribution in [0.5, 0.6) is 0 Å². The van der Waals surface area contributed by atoms with E-state index in [2.05, 4.69) is 34.9 Å². The molecule has 100 valence electrons. The van der Waals surface area contributed by atoms with Gasteiger partial charge in [0.15, 0.2) is 0 Å². The highest BCUT2D eigenvalue weighted by Crippen LogP contribution is 2.36. The largest absolute Gasteiger partial charge is 0.353 e. The molecule has 1 fully saturated rings. The van der Waals surface area contributed by atoms with E-state index >= 15 is 0 Å². The van der Waals surface area contributed by atoms with Gasteiger partial charge in [0, 0.05) is 19.0 Å². The van der Waals surface area contributed by atoms with Crippen LogP contribution in [0.15, 0.2) is 30.3 Å². The molecule has 0 unspecified atom stereocenters. The molecule has 2 N–H and O–H groups in total. The van der Waals surface area contributed by atoms with E-state index in [1.54, 1.807) is 0 Å². The highest BCUT2D eigenvalue weighted by molar-refractivity contribution is 5.85. The van der Waals surface area contributed by atoms with Crippen molar-refractivity contribution in [2.45, 2.75) is 31.2 Å². The Balaban J connectivity index is 0.00000162. The first-order chi connectivity index (χ1) is 8.29. The number of rotatable bonds is 5. The molecule has 1 saturated carbocycles. The van der Waals surface area contributed by atoms with Gasteiger partial charge in [-0.2, -0.15) is 0 Å². The molecule has 0 heterocycles. The molecule has 0 aliphatic heterocycles. The van der Waals surface area contributed by atoms with Gasteiger partial charge in [0.2, 0.25) is 5.91 Å². The van der Waals surface area contributed by atoms with Gasteiger partial charge in [0.25, 0.3) is 0 Å². The molecule has 2 rings (SSSR count). The Morgan fingerprint density at radius 1 is 1.28 bits per heavy atom. The summed E-state index contributed by atoms with van der Waals surface area (Å²) in [5, 5.41) is 6.05. The van der Waals surface area contributed by atoms with E-state index in [-0.39, 0.29) is 18.3 Å². The van der Waals surface area contributed by atoms with Gasteiger partial charge in [0.1, 0.15) is 0 Å². The molecule has 1 amide bonds. The average Bonchev–Trinajstić information content (AvgIpc) is 2.31. The first kappa shape index (κ1) is 15.0. The molecule has 3 nitrogen and oxygen atoms in total. The predicted octanol–water partition coefficient (Wildman–Crippen LogP) is 2.08. The smallest absolute Gasteiger partial charge is 0.221 e. The van der Waals surface area contributed by atoms with Gasteiger partial charge in [0.05, 0.1) is 0 Å². The van der Waals surface area contributed by atoms with E-state index in [4.69, 9.17) is 0 Å². The monoisotopic (exact) mass is 268 g/mol. The van der Waals surface area contributed by atoms with Crippen molar-refractivity contribution in [3.63, 3.8) is 0 Å². The van der Waals surface area contributed by atoms with E-state index < -0.39 is 0 Å². The molecule has 0 aromatic heterocycles. The number of amides is 1. The third-order valence-corrected chi connectivity index (χ3v) is 3.38. The summed E-state index contributed by atoms with van der Waals surface area (Å²) in [5.74, 6) is 0.793. The van der Waals surface area contributed by atoms with Crippen LogP contribution < -0.4 is 10.6 Å². The summed E-state index contributed by atoms with van der Waals surface area (Å²) in [7, 11) is 1.86. The predicted molar refractivity (Wildman–Crippen MR) is 76.1 cm³/mol. The van der Waals surface area contributed by atoms with Crippen molar-refractivity contribution in [1.82, 2.24) is 10.6 Å². The maximum Gasteiger partial charge on any atom is 0.221 e. The number of benzene rings is 1. The lowest BCUT2D eigenvalue weighted by molar-refractivity contribution is -0.122. The Kier molecular flexibility index (Phi) is 6.16. The molecule has 0 atom stereocenters.